The molecule has 0 unspecified atom stereocenters. The minimum absolute atomic E-state index is 0.0680. The van der Waals surface area contributed by atoms with Crippen LogP contribution in [0.1, 0.15) is 25.6 Å². The van der Waals surface area contributed by atoms with Crippen LogP contribution < -0.4 is 10.6 Å². The van der Waals surface area contributed by atoms with E-state index in [-0.39, 0.29) is 16.3 Å². The van der Waals surface area contributed by atoms with Crippen LogP contribution in [0.15, 0.2) is 54.2 Å². The normalized spacial score (nSPS) is 11.1. The number of hydrogen-bond donors (Lipinski definition) is 2. The molecule has 2 N–H and O–H groups in total. The van der Waals surface area contributed by atoms with Crippen LogP contribution in [-0.2, 0) is 6.18 Å². The maximum Gasteiger partial charge on any atom is 0.417 e. The molecule has 1 aromatic carbocycles. The van der Waals surface area contributed by atoms with Crippen LogP contribution in [0.2, 0.25) is 5.02 Å². The Morgan fingerprint density at radius 2 is 1.71 bits per heavy atom. The van der Waals surface area contributed by atoms with Gasteiger partial charge in [0.05, 0.1) is 16.3 Å². The second-order valence-electron chi connectivity index (χ2n) is 5.50. The molecule has 2 aromatic heterocycles. The number of alkyl halides is 3. The third-order valence-corrected chi connectivity index (χ3v) is 4.83. The molecule has 0 saturated carbocycles. The number of anilines is 2. The zero-order valence-corrected chi connectivity index (χ0v) is 15.5. The van der Waals surface area contributed by atoms with E-state index in [1.807, 2.05) is 0 Å². The number of nitrogens with zero attached hydrogens (tertiary/aromatic N) is 1. The van der Waals surface area contributed by atoms with Gasteiger partial charge in [0.1, 0.15) is 4.88 Å². The second-order valence-corrected chi connectivity index (χ2v) is 6.82. The maximum atomic E-state index is 13.0. The van der Waals surface area contributed by atoms with Gasteiger partial charge in [0, 0.05) is 23.6 Å². The van der Waals surface area contributed by atoms with Gasteiger partial charge in [-0.15, -0.1) is 11.3 Å². The SMILES string of the molecule is O=C(Nc1ccsc1C(=O)Nc1ccc(Cl)c(C(F)(F)F)c1)c1ccncc1. The number of thiophene rings is 1. The highest BCUT2D eigenvalue weighted by atomic mass is 35.5. The Kier molecular flexibility index (Phi) is 5.66. The Bertz CT molecular complexity index is 1020. The molecular formula is C18H11ClF3N3O2S. The molecule has 0 aliphatic rings. The van der Waals surface area contributed by atoms with Crippen molar-refractivity contribution in [2.45, 2.75) is 6.18 Å². The van der Waals surface area contributed by atoms with Crippen molar-refractivity contribution >= 4 is 46.1 Å². The molecule has 2 heterocycles. The van der Waals surface area contributed by atoms with E-state index in [1.54, 1.807) is 5.38 Å². The standard InChI is InChI=1S/C18H11ClF3N3O2S/c19-13-2-1-11(9-12(13)18(20,21)22)24-17(27)15-14(5-8-28-15)25-16(26)10-3-6-23-7-4-10/h1-9H,(H,24,27)(H,25,26). The third-order valence-electron chi connectivity index (χ3n) is 3.59. The number of halogens is 4. The van der Waals surface area contributed by atoms with Crippen molar-refractivity contribution in [2.24, 2.45) is 0 Å². The molecule has 0 atom stereocenters. The molecule has 0 fully saturated rings. The minimum Gasteiger partial charge on any atom is -0.321 e. The first-order chi connectivity index (χ1) is 13.3. The Hall–Kier alpha value is -2.91. The van der Waals surface area contributed by atoms with E-state index in [2.05, 4.69) is 15.6 Å². The van der Waals surface area contributed by atoms with Crippen molar-refractivity contribution < 1.29 is 22.8 Å². The number of hydrogen-bond acceptors (Lipinski definition) is 4. The average molecular weight is 426 g/mol. The number of benzene rings is 1. The number of amides is 2. The van der Waals surface area contributed by atoms with Gasteiger partial charge in [-0.05, 0) is 41.8 Å². The lowest BCUT2D eigenvalue weighted by atomic mass is 10.2. The van der Waals surface area contributed by atoms with Gasteiger partial charge in [-0.3, -0.25) is 14.6 Å². The highest BCUT2D eigenvalue weighted by molar-refractivity contribution is 7.12. The molecule has 0 aliphatic heterocycles. The van der Waals surface area contributed by atoms with Gasteiger partial charge in [0.2, 0.25) is 0 Å². The second kappa shape index (κ2) is 7.99. The summed E-state index contributed by atoms with van der Waals surface area (Å²) in [6.45, 7) is 0. The molecule has 0 saturated heterocycles. The van der Waals surface area contributed by atoms with E-state index < -0.39 is 28.6 Å². The molecule has 0 radical (unpaired) electrons. The van der Waals surface area contributed by atoms with E-state index in [9.17, 15) is 22.8 Å². The molecule has 0 spiro atoms. The molecule has 28 heavy (non-hydrogen) atoms. The third kappa shape index (κ3) is 4.49. The van der Waals surface area contributed by atoms with E-state index >= 15 is 0 Å². The van der Waals surface area contributed by atoms with E-state index in [4.69, 9.17) is 11.6 Å². The summed E-state index contributed by atoms with van der Waals surface area (Å²) in [6, 6.07) is 7.62. The van der Waals surface area contributed by atoms with Crippen molar-refractivity contribution in [1.29, 1.82) is 0 Å². The number of nitrogens with one attached hydrogen (secondary N) is 2. The molecule has 144 valence electrons. The number of pyridine rings is 1. The van der Waals surface area contributed by atoms with Gasteiger partial charge in [0.25, 0.3) is 11.8 Å². The van der Waals surface area contributed by atoms with Crippen LogP contribution >= 0.6 is 22.9 Å². The Balaban J connectivity index is 1.78. The summed E-state index contributed by atoms with van der Waals surface area (Å²) >= 11 is 6.61. The van der Waals surface area contributed by atoms with Gasteiger partial charge >= 0.3 is 6.18 Å². The van der Waals surface area contributed by atoms with E-state index in [0.717, 1.165) is 23.5 Å². The van der Waals surface area contributed by atoms with E-state index in [1.165, 1.54) is 36.7 Å². The monoisotopic (exact) mass is 425 g/mol. The van der Waals surface area contributed by atoms with Crippen LogP contribution in [-0.4, -0.2) is 16.8 Å². The lowest BCUT2D eigenvalue weighted by Gasteiger charge is -2.12. The van der Waals surface area contributed by atoms with Crippen molar-refractivity contribution in [3.63, 3.8) is 0 Å². The molecule has 3 rings (SSSR count). The molecule has 10 heteroatoms. The fourth-order valence-electron chi connectivity index (χ4n) is 2.29. The van der Waals surface area contributed by atoms with Gasteiger partial charge in [-0.1, -0.05) is 11.6 Å². The summed E-state index contributed by atoms with van der Waals surface area (Å²) in [5.41, 5.74) is -0.528. The minimum atomic E-state index is -4.65. The maximum absolute atomic E-state index is 13.0. The first-order valence-electron chi connectivity index (χ1n) is 7.72. The fourth-order valence-corrected chi connectivity index (χ4v) is 3.26. The molecular weight excluding hydrogens is 415 g/mol. The lowest BCUT2D eigenvalue weighted by Crippen LogP contribution is -2.17. The molecule has 2 amide bonds. The van der Waals surface area contributed by atoms with Gasteiger partial charge in [-0.2, -0.15) is 13.2 Å². The molecule has 0 bridgehead atoms. The summed E-state index contributed by atoms with van der Waals surface area (Å²) in [4.78, 5) is 28.7. The van der Waals surface area contributed by atoms with Crippen LogP contribution in [0.4, 0.5) is 24.5 Å². The zero-order valence-electron chi connectivity index (χ0n) is 13.9. The van der Waals surface area contributed by atoms with Crippen molar-refractivity contribution in [2.75, 3.05) is 10.6 Å². The van der Waals surface area contributed by atoms with E-state index in [0.29, 0.717) is 5.56 Å². The molecule has 3 aromatic rings. The Morgan fingerprint density at radius 3 is 2.39 bits per heavy atom. The van der Waals surface area contributed by atoms with Crippen molar-refractivity contribution in [1.82, 2.24) is 4.98 Å². The quantitative estimate of drug-likeness (QED) is 0.594. The number of aromatic nitrogens is 1. The van der Waals surface area contributed by atoms with Crippen LogP contribution in [0.25, 0.3) is 0 Å². The topological polar surface area (TPSA) is 71.1 Å². The number of rotatable bonds is 4. The highest BCUT2D eigenvalue weighted by Crippen LogP contribution is 2.36. The average Bonchev–Trinajstić information content (AvgIpc) is 3.11. The summed E-state index contributed by atoms with van der Waals surface area (Å²) in [5, 5.41) is 6.11. The fraction of sp³-hybridized carbons (Fsp3) is 0.0556. The first kappa shape index (κ1) is 19.8. The van der Waals surface area contributed by atoms with Crippen molar-refractivity contribution in [3.8, 4) is 0 Å². The predicted octanol–water partition coefficient (Wildman–Crippen LogP) is 5.32. The summed E-state index contributed by atoms with van der Waals surface area (Å²) < 4.78 is 38.9. The summed E-state index contributed by atoms with van der Waals surface area (Å²) in [7, 11) is 0. The van der Waals surface area contributed by atoms with Crippen LogP contribution in [0, 0.1) is 0 Å². The Labute approximate surface area is 166 Å². The lowest BCUT2D eigenvalue weighted by molar-refractivity contribution is -0.137. The summed E-state index contributed by atoms with van der Waals surface area (Å²) in [5.74, 6) is -1.10. The highest BCUT2D eigenvalue weighted by Gasteiger charge is 2.33. The van der Waals surface area contributed by atoms with Crippen LogP contribution in [0.5, 0.6) is 0 Å². The number of carbonyl (C=O) groups excluding carboxylic acids is 2. The first-order valence-corrected chi connectivity index (χ1v) is 8.98. The van der Waals surface area contributed by atoms with Crippen LogP contribution in [0.3, 0.4) is 0 Å². The largest absolute Gasteiger partial charge is 0.417 e. The smallest absolute Gasteiger partial charge is 0.321 e. The van der Waals surface area contributed by atoms with Gasteiger partial charge in [0.15, 0.2) is 0 Å². The van der Waals surface area contributed by atoms with Gasteiger partial charge < -0.3 is 10.6 Å². The molecule has 5 nitrogen and oxygen atoms in total. The zero-order chi connectivity index (χ0) is 20.3. The van der Waals surface area contributed by atoms with Gasteiger partial charge in [-0.25, -0.2) is 0 Å². The Morgan fingerprint density at radius 1 is 1.00 bits per heavy atom. The molecule has 0 aliphatic carbocycles. The predicted molar refractivity (Wildman–Crippen MR) is 101 cm³/mol. The van der Waals surface area contributed by atoms with Crippen molar-refractivity contribution in [3.05, 3.63) is 75.2 Å². The number of carbonyl (C=O) groups is 2. The summed E-state index contributed by atoms with van der Waals surface area (Å²) in [6.07, 6.45) is -1.74.